The summed E-state index contributed by atoms with van der Waals surface area (Å²) in [6.45, 7) is 5.80. The standard InChI is InChI=1S/C21H23N5O2/c1-15-11-16(2)24-21(23-15)28-19-7-9-26(13-19)20(27)18-5-3-17(4-6-18)12-25-10-8-22-14-25/h3-6,8,10-11,14,19H,7,9,12-13H2,1-2H3/t19-/m1/s1. The molecular formula is C21H23N5O2. The molecule has 144 valence electrons. The van der Waals surface area contributed by atoms with Crippen molar-refractivity contribution < 1.29 is 9.53 Å². The molecule has 7 heteroatoms. The molecule has 28 heavy (non-hydrogen) atoms. The van der Waals surface area contributed by atoms with Crippen LogP contribution in [-0.2, 0) is 6.54 Å². The second-order valence-electron chi connectivity index (χ2n) is 7.14. The van der Waals surface area contributed by atoms with Crippen molar-refractivity contribution in [2.45, 2.75) is 32.9 Å². The van der Waals surface area contributed by atoms with Gasteiger partial charge in [-0.05, 0) is 37.6 Å². The molecule has 0 bridgehead atoms. The van der Waals surface area contributed by atoms with Gasteiger partial charge in [-0.15, -0.1) is 0 Å². The molecule has 1 atom stereocenters. The van der Waals surface area contributed by atoms with E-state index >= 15 is 0 Å². The molecular weight excluding hydrogens is 354 g/mol. The van der Waals surface area contributed by atoms with Crippen LogP contribution in [0.1, 0.15) is 33.7 Å². The second-order valence-corrected chi connectivity index (χ2v) is 7.14. The van der Waals surface area contributed by atoms with Gasteiger partial charge in [0.2, 0.25) is 0 Å². The van der Waals surface area contributed by atoms with Crippen LogP contribution in [-0.4, -0.2) is 49.5 Å². The number of nitrogens with zero attached hydrogens (tertiary/aromatic N) is 5. The van der Waals surface area contributed by atoms with Crippen molar-refractivity contribution in [3.05, 3.63) is 71.6 Å². The Morgan fingerprint density at radius 1 is 1.18 bits per heavy atom. The van der Waals surface area contributed by atoms with Crippen LogP contribution in [0.5, 0.6) is 6.01 Å². The lowest BCUT2D eigenvalue weighted by atomic mass is 10.1. The molecule has 3 aromatic rings. The summed E-state index contributed by atoms with van der Waals surface area (Å²) in [5.74, 6) is 0.0293. The van der Waals surface area contributed by atoms with Gasteiger partial charge in [-0.25, -0.2) is 15.0 Å². The van der Waals surface area contributed by atoms with Crippen molar-refractivity contribution in [2.24, 2.45) is 0 Å². The molecule has 0 radical (unpaired) electrons. The summed E-state index contributed by atoms with van der Waals surface area (Å²) in [7, 11) is 0. The lowest BCUT2D eigenvalue weighted by Gasteiger charge is -2.17. The molecule has 1 aromatic carbocycles. The van der Waals surface area contributed by atoms with Crippen LogP contribution in [0.15, 0.2) is 49.1 Å². The molecule has 0 N–H and O–H groups in total. The zero-order chi connectivity index (χ0) is 19.5. The maximum Gasteiger partial charge on any atom is 0.317 e. The van der Waals surface area contributed by atoms with Gasteiger partial charge >= 0.3 is 6.01 Å². The Morgan fingerprint density at radius 2 is 1.93 bits per heavy atom. The molecule has 1 saturated heterocycles. The molecule has 0 spiro atoms. The van der Waals surface area contributed by atoms with E-state index in [2.05, 4.69) is 15.0 Å². The van der Waals surface area contributed by atoms with Crippen LogP contribution in [0.25, 0.3) is 0 Å². The molecule has 0 saturated carbocycles. The first-order chi connectivity index (χ1) is 13.6. The number of benzene rings is 1. The van der Waals surface area contributed by atoms with Crippen molar-refractivity contribution in [1.29, 1.82) is 0 Å². The predicted molar refractivity (Wildman–Crippen MR) is 104 cm³/mol. The van der Waals surface area contributed by atoms with Crippen LogP contribution in [0.4, 0.5) is 0 Å². The van der Waals surface area contributed by atoms with Gasteiger partial charge in [0.15, 0.2) is 0 Å². The van der Waals surface area contributed by atoms with Gasteiger partial charge in [-0.1, -0.05) is 12.1 Å². The van der Waals surface area contributed by atoms with Crippen LogP contribution in [0.2, 0.25) is 0 Å². The third-order valence-corrected chi connectivity index (χ3v) is 4.79. The number of aryl methyl sites for hydroxylation is 2. The van der Waals surface area contributed by atoms with E-state index in [9.17, 15) is 4.79 Å². The average molecular weight is 377 g/mol. The van der Waals surface area contributed by atoms with Crippen LogP contribution < -0.4 is 4.74 Å². The Bertz CT molecular complexity index is 933. The van der Waals surface area contributed by atoms with Crippen molar-refractivity contribution in [3.63, 3.8) is 0 Å². The Balaban J connectivity index is 1.36. The second kappa shape index (κ2) is 7.80. The average Bonchev–Trinajstić information content (AvgIpc) is 3.33. The minimum absolute atomic E-state index is 0.0293. The summed E-state index contributed by atoms with van der Waals surface area (Å²) in [5, 5.41) is 0. The Kier molecular flexibility index (Phi) is 5.06. The van der Waals surface area contributed by atoms with E-state index in [1.807, 2.05) is 59.8 Å². The Labute approximate surface area is 164 Å². The normalized spacial score (nSPS) is 16.4. The first-order valence-electron chi connectivity index (χ1n) is 9.40. The molecule has 4 rings (SSSR count). The summed E-state index contributed by atoms with van der Waals surface area (Å²) in [4.78, 5) is 27.3. The zero-order valence-corrected chi connectivity index (χ0v) is 16.1. The molecule has 1 aliphatic rings. The van der Waals surface area contributed by atoms with Gasteiger partial charge in [0.05, 0.1) is 12.9 Å². The van der Waals surface area contributed by atoms with Gasteiger partial charge < -0.3 is 14.2 Å². The van der Waals surface area contributed by atoms with E-state index in [4.69, 9.17) is 4.74 Å². The highest BCUT2D eigenvalue weighted by atomic mass is 16.5. The van der Waals surface area contributed by atoms with E-state index in [1.165, 1.54) is 0 Å². The summed E-state index contributed by atoms with van der Waals surface area (Å²) in [6, 6.07) is 10.0. The number of imidazole rings is 1. The summed E-state index contributed by atoms with van der Waals surface area (Å²) < 4.78 is 7.90. The number of carbonyl (C=O) groups excluding carboxylic acids is 1. The van der Waals surface area contributed by atoms with Gasteiger partial charge in [0.1, 0.15) is 6.10 Å². The van der Waals surface area contributed by atoms with Gasteiger partial charge in [0, 0.05) is 48.9 Å². The van der Waals surface area contributed by atoms with Gasteiger partial charge in [-0.3, -0.25) is 4.79 Å². The molecule has 7 nitrogen and oxygen atoms in total. The van der Waals surface area contributed by atoms with E-state index < -0.39 is 0 Å². The van der Waals surface area contributed by atoms with Gasteiger partial charge in [0.25, 0.3) is 5.91 Å². The molecule has 0 aliphatic carbocycles. The van der Waals surface area contributed by atoms with Crippen molar-refractivity contribution in [3.8, 4) is 6.01 Å². The van der Waals surface area contributed by atoms with Crippen molar-refractivity contribution >= 4 is 5.91 Å². The first-order valence-corrected chi connectivity index (χ1v) is 9.40. The maximum atomic E-state index is 12.8. The van der Waals surface area contributed by atoms with Crippen LogP contribution in [0, 0.1) is 13.8 Å². The quantitative estimate of drug-likeness (QED) is 0.683. The number of aromatic nitrogens is 4. The lowest BCUT2D eigenvalue weighted by molar-refractivity contribution is 0.0769. The topological polar surface area (TPSA) is 73.1 Å². The third-order valence-electron chi connectivity index (χ3n) is 4.79. The summed E-state index contributed by atoms with van der Waals surface area (Å²) in [6.07, 6.45) is 6.16. The first kappa shape index (κ1) is 18.2. The highest BCUT2D eigenvalue weighted by Crippen LogP contribution is 2.19. The summed E-state index contributed by atoms with van der Waals surface area (Å²) >= 11 is 0. The minimum Gasteiger partial charge on any atom is -0.458 e. The van der Waals surface area contributed by atoms with Crippen molar-refractivity contribution in [2.75, 3.05) is 13.1 Å². The lowest BCUT2D eigenvalue weighted by Crippen LogP contribution is -2.31. The number of hydrogen-bond acceptors (Lipinski definition) is 5. The SMILES string of the molecule is Cc1cc(C)nc(O[C@@H]2CCN(C(=O)c3ccc(Cn4ccnc4)cc3)C2)n1. The highest BCUT2D eigenvalue weighted by molar-refractivity contribution is 5.94. The van der Waals surface area contributed by atoms with Crippen molar-refractivity contribution in [1.82, 2.24) is 24.4 Å². The van der Waals surface area contributed by atoms with Crippen LogP contribution in [0.3, 0.4) is 0 Å². The molecule has 1 fully saturated rings. The van der Waals surface area contributed by atoms with Crippen LogP contribution >= 0.6 is 0 Å². The highest BCUT2D eigenvalue weighted by Gasteiger charge is 2.29. The molecule has 1 amide bonds. The molecule has 3 heterocycles. The number of amides is 1. The van der Waals surface area contributed by atoms with E-state index in [0.29, 0.717) is 24.7 Å². The predicted octanol–water partition coefficient (Wildman–Crippen LogP) is 2.63. The zero-order valence-electron chi connectivity index (χ0n) is 16.1. The number of carbonyl (C=O) groups is 1. The number of hydrogen-bond donors (Lipinski definition) is 0. The van der Waals surface area contributed by atoms with E-state index in [-0.39, 0.29) is 12.0 Å². The summed E-state index contributed by atoms with van der Waals surface area (Å²) in [5.41, 5.74) is 3.58. The Hall–Kier alpha value is -3.22. The number of ether oxygens (including phenoxy) is 1. The number of likely N-dealkylation sites (tertiary alicyclic amines) is 1. The smallest absolute Gasteiger partial charge is 0.317 e. The maximum absolute atomic E-state index is 12.8. The minimum atomic E-state index is -0.0781. The molecule has 2 aromatic heterocycles. The molecule has 0 unspecified atom stereocenters. The molecule has 1 aliphatic heterocycles. The van der Waals surface area contributed by atoms with E-state index in [1.54, 1.807) is 12.5 Å². The number of rotatable bonds is 5. The van der Waals surface area contributed by atoms with E-state index in [0.717, 1.165) is 29.9 Å². The fourth-order valence-electron chi connectivity index (χ4n) is 3.43. The third kappa shape index (κ3) is 4.19. The monoisotopic (exact) mass is 377 g/mol. The fraction of sp³-hybridized carbons (Fsp3) is 0.333. The van der Waals surface area contributed by atoms with Gasteiger partial charge in [-0.2, -0.15) is 0 Å². The fourth-order valence-corrected chi connectivity index (χ4v) is 3.43. The Morgan fingerprint density at radius 3 is 2.61 bits per heavy atom. The largest absolute Gasteiger partial charge is 0.458 e.